The van der Waals surface area contributed by atoms with Crippen LogP contribution in [0.15, 0.2) is 47.4 Å². The van der Waals surface area contributed by atoms with Gasteiger partial charge in [-0.15, -0.1) is 0 Å². The number of Topliss-reactive ketones (excluding diaryl/α,β-unsaturated/α-hetero) is 1. The number of ketones is 1. The van der Waals surface area contributed by atoms with Crippen LogP contribution in [0.3, 0.4) is 0 Å². The molecule has 8 heteroatoms. The van der Waals surface area contributed by atoms with E-state index >= 15 is 0 Å². The lowest BCUT2D eigenvalue weighted by Gasteiger charge is -2.34. The van der Waals surface area contributed by atoms with Gasteiger partial charge in [-0.25, -0.2) is 12.8 Å². The number of hydrogen-bond acceptors (Lipinski definition) is 5. The van der Waals surface area contributed by atoms with Crippen molar-refractivity contribution in [1.82, 2.24) is 9.21 Å². The number of rotatable bonds is 6. The van der Waals surface area contributed by atoms with E-state index in [1.54, 1.807) is 19.2 Å². The van der Waals surface area contributed by atoms with Crippen LogP contribution in [0.4, 0.5) is 4.39 Å². The van der Waals surface area contributed by atoms with E-state index in [0.29, 0.717) is 30.9 Å². The van der Waals surface area contributed by atoms with Gasteiger partial charge < -0.3 is 4.74 Å². The van der Waals surface area contributed by atoms with Crippen molar-refractivity contribution in [1.29, 1.82) is 0 Å². The molecule has 0 N–H and O–H groups in total. The minimum absolute atomic E-state index is 0.0234. The summed E-state index contributed by atoms with van der Waals surface area (Å²) in [5, 5.41) is 0. The fourth-order valence-electron chi connectivity index (χ4n) is 3.28. The summed E-state index contributed by atoms with van der Waals surface area (Å²) >= 11 is 0. The summed E-state index contributed by atoms with van der Waals surface area (Å²) in [6, 6.07) is 10.7. The quantitative estimate of drug-likeness (QED) is 0.690. The normalized spacial score (nSPS) is 16.1. The number of halogens is 1. The van der Waals surface area contributed by atoms with E-state index in [9.17, 15) is 17.6 Å². The smallest absolute Gasteiger partial charge is 0.246 e. The second-order valence-electron chi connectivity index (χ2n) is 6.69. The zero-order valence-electron chi connectivity index (χ0n) is 15.9. The Morgan fingerprint density at radius 1 is 1.11 bits per heavy atom. The molecule has 0 saturated carbocycles. The molecule has 0 unspecified atom stereocenters. The summed E-state index contributed by atoms with van der Waals surface area (Å²) in [6.45, 7) is 3.59. The Morgan fingerprint density at radius 3 is 2.39 bits per heavy atom. The highest BCUT2D eigenvalue weighted by Gasteiger charge is 2.30. The number of piperazine rings is 1. The molecule has 1 aliphatic heterocycles. The average Bonchev–Trinajstić information content (AvgIpc) is 2.68. The third kappa shape index (κ3) is 4.24. The highest BCUT2D eigenvalue weighted by atomic mass is 32.2. The fraction of sp³-hybridized carbons (Fsp3) is 0.350. The molecule has 2 aromatic carbocycles. The van der Waals surface area contributed by atoms with E-state index in [0.717, 1.165) is 11.6 Å². The number of carbonyl (C=O) groups excluding carboxylic acids is 1. The molecule has 1 saturated heterocycles. The largest absolute Gasteiger partial charge is 0.496 e. The van der Waals surface area contributed by atoms with Crippen LogP contribution in [-0.2, 0) is 16.6 Å². The number of carbonyl (C=O) groups is 1. The van der Waals surface area contributed by atoms with Gasteiger partial charge in [-0.05, 0) is 37.3 Å². The molecule has 0 bridgehead atoms. The summed E-state index contributed by atoms with van der Waals surface area (Å²) in [5.41, 5.74) is 1.48. The summed E-state index contributed by atoms with van der Waals surface area (Å²) in [6.07, 6.45) is 0. The third-order valence-electron chi connectivity index (χ3n) is 4.87. The molecular weight excluding hydrogens is 383 g/mol. The monoisotopic (exact) mass is 406 g/mol. The number of sulfonamides is 1. The minimum Gasteiger partial charge on any atom is -0.496 e. The topological polar surface area (TPSA) is 66.9 Å². The molecule has 0 spiro atoms. The van der Waals surface area contributed by atoms with Crippen molar-refractivity contribution in [2.45, 2.75) is 18.4 Å². The van der Waals surface area contributed by atoms with E-state index < -0.39 is 15.8 Å². The molecule has 0 amide bonds. The van der Waals surface area contributed by atoms with Gasteiger partial charge in [0.15, 0.2) is 5.78 Å². The van der Waals surface area contributed by atoms with Crippen LogP contribution in [0, 0.1) is 5.82 Å². The van der Waals surface area contributed by atoms with Gasteiger partial charge in [0.1, 0.15) is 16.5 Å². The Hall–Kier alpha value is -2.29. The first kappa shape index (κ1) is 20.4. The summed E-state index contributed by atoms with van der Waals surface area (Å²) in [4.78, 5) is 13.4. The maximum absolute atomic E-state index is 13.9. The first-order valence-electron chi connectivity index (χ1n) is 8.98. The second-order valence-corrected chi connectivity index (χ2v) is 8.60. The number of hydrogen-bond donors (Lipinski definition) is 0. The van der Waals surface area contributed by atoms with Gasteiger partial charge in [0.25, 0.3) is 0 Å². The van der Waals surface area contributed by atoms with Crippen LogP contribution < -0.4 is 4.74 Å². The van der Waals surface area contributed by atoms with Gasteiger partial charge in [0, 0.05) is 43.9 Å². The maximum atomic E-state index is 13.9. The lowest BCUT2D eigenvalue weighted by molar-refractivity contribution is 0.101. The Labute approximate surface area is 164 Å². The molecule has 1 aliphatic rings. The van der Waals surface area contributed by atoms with Gasteiger partial charge in [0.05, 0.1) is 7.11 Å². The average molecular weight is 406 g/mol. The van der Waals surface area contributed by atoms with Gasteiger partial charge in [0.2, 0.25) is 10.0 Å². The Morgan fingerprint density at radius 2 is 1.79 bits per heavy atom. The van der Waals surface area contributed by atoms with E-state index in [2.05, 4.69) is 4.90 Å². The third-order valence-corrected chi connectivity index (χ3v) is 6.80. The highest BCUT2D eigenvalue weighted by Crippen LogP contribution is 2.24. The molecule has 0 aliphatic carbocycles. The SMILES string of the molecule is COc1ccc(C(C)=O)cc1CN1CCN(S(=O)(=O)c2ccccc2F)CC1. The molecule has 0 radical (unpaired) electrons. The zero-order chi connectivity index (χ0) is 20.3. The predicted octanol–water partition coefficient (Wildman–Crippen LogP) is 2.54. The number of methoxy groups -OCH3 is 1. The standard InChI is InChI=1S/C20H23FN2O4S/c1-15(24)16-7-8-19(27-2)17(13-16)14-22-9-11-23(12-10-22)28(25,26)20-6-4-3-5-18(20)21/h3-8,13H,9-12,14H2,1-2H3. The Kier molecular flexibility index (Phi) is 6.12. The van der Waals surface area contributed by atoms with E-state index in [4.69, 9.17) is 4.74 Å². The Bertz CT molecular complexity index is 970. The number of benzene rings is 2. The van der Waals surface area contributed by atoms with Crippen LogP contribution in [-0.4, -0.2) is 56.7 Å². The van der Waals surface area contributed by atoms with Crippen molar-refractivity contribution in [2.75, 3.05) is 33.3 Å². The van der Waals surface area contributed by atoms with E-state index in [1.165, 1.54) is 29.4 Å². The molecule has 1 fully saturated rings. The van der Waals surface area contributed by atoms with Crippen molar-refractivity contribution >= 4 is 15.8 Å². The van der Waals surface area contributed by atoms with Crippen molar-refractivity contribution in [2.24, 2.45) is 0 Å². The molecule has 0 atom stereocenters. The van der Waals surface area contributed by atoms with Crippen LogP contribution in [0.5, 0.6) is 5.75 Å². The van der Waals surface area contributed by atoms with Crippen molar-refractivity contribution in [3.05, 3.63) is 59.4 Å². The lowest BCUT2D eigenvalue weighted by atomic mass is 10.1. The number of nitrogens with zero attached hydrogens (tertiary/aromatic N) is 2. The van der Waals surface area contributed by atoms with Gasteiger partial charge >= 0.3 is 0 Å². The maximum Gasteiger partial charge on any atom is 0.246 e. The number of ether oxygens (including phenoxy) is 1. The van der Waals surface area contributed by atoms with Gasteiger partial charge in [-0.3, -0.25) is 9.69 Å². The van der Waals surface area contributed by atoms with Crippen LogP contribution in [0.1, 0.15) is 22.8 Å². The molecule has 0 aromatic heterocycles. The fourth-order valence-corrected chi connectivity index (χ4v) is 4.77. The Balaban J connectivity index is 1.70. The van der Waals surface area contributed by atoms with Gasteiger partial charge in [-0.2, -0.15) is 4.31 Å². The predicted molar refractivity (Wildman–Crippen MR) is 103 cm³/mol. The van der Waals surface area contributed by atoms with Crippen LogP contribution >= 0.6 is 0 Å². The van der Waals surface area contributed by atoms with Gasteiger partial charge in [-0.1, -0.05) is 12.1 Å². The summed E-state index contributed by atoms with van der Waals surface area (Å²) in [7, 11) is -2.28. The minimum atomic E-state index is -3.86. The van der Waals surface area contributed by atoms with Crippen molar-refractivity contribution < 1.29 is 22.3 Å². The zero-order valence-corrected chi connectivity index (χ0v) is 16.7. The van der Waals surface area contributed by atoms with Crippen molar-refractivity contribution in [3.8, 4) is 5.75 Å². The van der Waals surface area contributed by atoms with E-state index in [-0.39, 0.29) is 23.8 Å². The molecule has 1 heterocycles. The summed E-state index contributed by atoms with van der Waals surface area (Å²) in [5.74, 6) is -0.0770. The molecule has 6 nitrogen and oxygen atoms in total. The molecule has 28 heavy (non-hydrogen) atoms. The molecule has 2 aromatic rings. The molecular formula is C20H23FN2O4S. The molecule has 150 valence electrons. The first-order valence-corrected chi connectivity index (χ1v) is 10.4. The summed E-state index contributed by atoms with van der Waals surface area (Å²) < 4.78 is 46.0. The highest BCUT2D eigenvalue weighted by molar-refractivity contribution is 7.89. The van der Waals surface area contributed by atoms with E-state index in [1.807, 2.05) is 6.07 Å². The van der Waals surface area contributed by atoms with Crippen molar-refractivity contribution in [3.63, 3.8) is 0 Å². The first-order chi connectivity index (χ1) is 13.3. The lowest BCUT2D eigenvalue weighted by Crippen LogP contribution is -2.48. The molecule has 3 rings (SSSR count). The van der Waals surface area contributed by atoms with Crippen LogP contribution in [0.2, 0.25) is 0 Å². The second kappa shape index (κ2) is 8.38. The van der Waals surface area contributed by atoms with Crippen LogP contribution in [0.25, 0.3) is 0 Å².